The number of halogens is 1. The van der Waals surface area contributed by atoms with Crippen molar-refractivity contribution in [2.24, 2.45) is 0 Å². The van der Waals surface area contributed by atoms with Crippen LogP contribution in [0.3, 0.4) is 0 Å². The third-order valence-corrected chi connectivity index (χ3v) is 11.3. The van der Waals surface area contributed by atoms with Crippen LogP contribution in [0.5, 0.6) is 5.75 Å². The van der Waals surface area contributed by atoms with Crippen molar-refractivity contribution in [2.75, 3.05) is 32.8 Å². The minimum Gasteiger partial charge on any atom is -0.491 e. The number of aliphatic hydroxyl groups excluding tert-OH is 1. The van der Waals surface area contributed by atoms with Gasteiger partial charge in [-0.3, -0.25) is 4.98 Å². The van der Waals surface area contributed by atoms with Crippen LogP contribution in [0.2, 0.25) is 0 Å². The van der Waals surface area contributed by atoms with Crippen LogP contribution in [-0.4, -0.2) is 87.3 Å². The number of sulfone groups is 1. The first kappa shape index (κ1) is 29.8. The molecule has 5 rings (SSSR count). The van der Waals surface area contributed by atoms with E-state index in [1.54, 1.807) is 12.1 Å². The highest BCUT2D eigenvalue weighted by Gasteiger charge is 2.44. The van der Waals surface area contributed by atoms with Crippen molar-refractivity contribution in [3.05, 3.63) is 60.8 Å². The highest BCUT2D eigenvalue weighted by Crippen LogP contribution is 2.37. The third-order valence-electron chi connectivity index (χ3n) is 7.69. The van der Waals surface area contributed by atoms with Gasteiger partial charge in [-0.15, -0.1) is 0 Å². The predicted molar refractivity (Wildman–Crippen MR) is 151 cm³/mol. The zero-order valence-electron chi connectivity index (χ0n) is 22.6. The van der Waals surface area contributed by atoms with Crippen molar-refractivity contribution in [1.29, 1.82) is 0 Å². The number of aliphatic hydroxyl groups is 1. The quantitative estimate of drug-likeness (QED) is 0.357. The lowest BCUT2D eigenvalue weighted by atomic mass is 9.88. The van der Waals surface area contributed by atoms with Crippen molar-refractivity contribution < 1.29 is 35.8 Å². The van der Waals surface area contributed by atoms with E-state index in [1.807, 2.05) is 24.3 Å². The maximum absolute atomic E-state index is 13.5. The number of rotatable bonds is 10. The van der Waals surface area contributed by atoms with Crippen molar-refractivity contribution in [3.8, 4) is 5.75 Å². The average molecular weight is 608 g/mol. The lowest BCUT2D eigenvalue weighted by molar-refractivity contribution is -0.0312. The van der Waals surface area contributed by atoms with E-state index in [0.29, 0.717) is 39.0 Å². The van der Waals surface area contributed by atoms with Gasteiger partial charge in [0.25, 0.3) is 0 Å². The second-order valence-electron chi connectivity index (χ2n) is 10.6. The molecule has 0 amide bonds. The zero-order chi connectivity index (χ0) is 29.3. The molecule has 0 radical (unpaired) electrons. The molecule has 1 aromatic heterocycles. The van der Waals surface area contributed by atoms with Gasteiger partial charge in [0.1, 0.15) is 23.4 Å². The van der Waals surface area contributed by atoms with Gasteiger partial charge in [0.2, 0.25) is 25.4 Å². The summed E-state index contributed by atoms with van der Waals surface area (Å²) in [4.78, 5) is 4.30. The lowest BCUT2D eigenvalue weighted by Crippen LogP contribution is -2.47. The number of nitrogens with zero attached hydrogens (tertiary/aromatic N) is 2. The molecule has 2 aliphatic heterocycles. The SMILES string of the molecule is CC(F)S(=O)(=O)c1cccc(OC[C@@H](O)CNC2COC3(CCN(S(=O)(=O)c4cnc5ccccc5c4)CC3)C2)c1. The van der Waals surface area contributed by atoms with Crippen molar-refractivity contribution in [2.45, 2.75) is 59.2 Å². The molecule has 0 aliphatic carbocycles. The van der Waals surface area contributed by atoms with Crippen LogP contribution < -0.4 is 10.1 Å². The molecular weight excluding hydrogens is 573 g/mol. The van der Waals surface area contributed by atoms with Crippen LogP contribution in [0, 0.1) is 0 Å². The van der Waals surface area contributed by atoms with Crippen LogP contribution in [0.4, 0.5) is 4.39 Å². The van der Waals surface area contributed by atoms with E-state index in [-0.39, 0.29) is 34.7 Å². The van der Waals surface area contributed by atoms with Gasteiger partial charge in [-0.1, -0.05) is 24.3 Å². The summed E-state index contributed by atoms with van der Waals surface area (Å²) in [5, 5.41) is 14.5. The molecule has 10 nitrogen and oxygen atoms in total. The Morgan fingerprint density at radius 2 is 1.88 bits per heavy atom. The Morgan fingerprint density at radius 3 is 2.63 bits per heavy atom. The number of benzene rings is 2. The van der Waals surface area contributed by atoms with E-state index in [0.717, 1.165) is 17.8 Å². The number of fused-ring (bicyclic) bond motifs is 1. The van der Waals surface area contributed by atoms with Gasteiger partial charge < -0.3 is 19.9 Å². The molecule has 2 aliphatic rings. The molecular formula is C28H34FN3O7S2. The summed E-state index contributed by atoms with van der Waals surface area (Å²) in [6.07, 6.45) is 2.34. The second kappa shape index (κ2) is 11.9. The Hall–Kier alpha value is -2.68. The Balaban J connectivity index is 1.09. The summed E-state index contributed by atoms with van der Waals surface area (Å²) in [6.45, 7) is 2.22. The summed E-state index contributed by atoms with van der Waals surface area (Å²) in [5.41, 5.74) is -1.72. The normalized spacial score (nSPS) is 21.2. The summed E-state index contributed by atoms with van der Waals surface area (Å²) in [5.74, 6) is 0.218. The molecule has 0 saturated carbocycles. The van der Waals surface area contributed by atoms with Gasteiger partial charge in [0.05, 0.1) is 22.6 Å². The number of hydrogen-bond donors (Lipinski definition) is 2. The summed E-state index contributed by atoms with van der Waals surface area (Å²) in [6, 6.07) is 14.6. The summed E-state index contributed by atoms with van der Waals surface area (Å²) < 4.78 is 77.3. The predicted octanol–water partition coefficient (Wildman–Crippen LogP) is 2.67. The van der Waals surface area contributed by atoms with Crippen LogP contribution >= 0.6 is 0 Å². The van der Waals surface area contributed by atoms with Gasteiger partial charge in [0, 0.05) is 37.3 Å². The standard InChI is InChI=1S/C28H34FN3O7S2/c1-20(29)40(34,35)25-7-4-6-24(14-25)38-19-23(33)16-30-22-15-28(39-18-22)9-11-32(12-10-28)41(36,37)26-13-21-5-2-3-8-27(21)31-17-26/h2-8,13-14,17,20,22-23,30,33H,9-12,15-16,18-19H2,1H3/t20?,22?,23-/m0/s1. The van der Waals surface area contributed by atoms with E-state index >= 15 is 0 Å². The van der Waals surface area contributed by atoms with Gasteiger partial charge in [-0.05, 0) is 56.5 Å². The monoisotopic (exact) mass is 607 g/mol. The van der Waals surface area contributed by atoms with E-state index < -0.39 is 37.1 Å². The number of ether oxygens (including phenoxy) is 2. The number of pyridine rings is 1. The number of aromatic nitrogens is 1. The number of nitrogens with one attached hydrogen (secondary N) is 1. The number of sulfonamides is 1. The fourth-order valence-corrected chi connectivity index (χ4v) is 7.63. The number of hydrogen-bond acceptors (Lipinski definition) is 9. The van der Waals surface area contributed by atoms with Crippen LogP contribution in [0.25, 0.3) is 10.9 Å². The first-order chi connectivity index (χ1) is 19.5. The van der Waals surface area contributed by atoms with Crippen molar-refractivity contribution in [3.63, 3.8) is 0 Å². The molecule has 2 N–H and O–H groups in total. The Labute approximate surface area is 239 Å². The maximum atomic E-state index is 13.5. The zero-order valence-corrected chi connectivity index (χ0v) is 24.3. The molecule has 3 aromatic rings. The highest BCUT2D eigenvalue weighted by atomic mass is 32.2. The molecule has 41 heavy (non-hydrogen) atoms. The van der Waals surface area contributed by atoms with E-state index in [9.17, 15) is 26.3 Å². The molecule has 0 bridgehead atoms. The number of piperidine rings is 1. The fraction of sp³-hybridized carbons (Fsp3) is 0.464. The largest absolute Gasteiger partial charge is 0.491 e. The smallest absolute Gasteiger partial charge is 0.244 e. The first-order valence-electron chi connectivity index (χ1n) is 13.5. The first-order valence-corrected chi connectivity index (χ1v) is 16.5. The van der Waals surface area contributed by atoms with Gasteiger partial charge in [-0.25, -0.2) is 21.2 Å². The fourth-order valence-electron chi connectivity index (χ4n) is 5.28. The summed E-state index contributed by atoms with van der Waals surface area (Å²) in [7, 11) is -7.76. The second-order valence-corrected chi connectivity index (χ2v) is 14.7. The van der Waals surface area contributed by atoms with E-state index in [2.05, 4.69) is 10.3 Å². The minimum atomic E-state index is -4.08. The molecule has 13 heteroatoms. The molecule has 2 saturated heterocycles. The Morgan fingerprint density at radius 1 is 1.12 bits per heavy atom. The summed E-state index contributed by atoms with van der Waals surface area (Å²) >= 11 is 0. The molecule has 3 atom stereocenters. The highest BCUT2D eigenvalue weighted by molar-refractivity contribution is 7.91. The molecule has 2 fully saturated rings. The number of alkyl halides is 1. The van der Waals surface area contributed by atoms with Crippen molar-refractivity contribution in [1.82, 2.24) is 14.6 Å². The van der Waals surface area contributed by atoms with E-state index in [4.69, 9.17) is 9.47 Å². The van der Waals surface area contributed by atoms with Gasteiger partial charge >= 0.3 is 0 Å². The molecule has 3 heterocycles. The third kappa shape index (κ3) is 6.55. The maximum Gasteiger partial charge on any atom is 0.244 e. The minimum absolute atomic E-state index is 0.0167. The van der Waals surface area contributed by atoms with Crippen LogP contribution in [0.1, 0.15) is 26.2 Å². The average Bonchev–Trinajstić information content (AvgIpc) is 3.37. The molecule has 2 unspecified atom stereocenters. The molecule has 2 aromatic carbocycles. The number of para-hydroxylation sites is 1. The van der Waals surface area contributed by atoms with Crippen LogP contribution in [0.15, 0.2) is 70.6 Å². The Bertz CT molecular complexity index is 1590. The lowest BCUT2D eigenvalue weighted by Gasteiger charge is -2.38. The van der Waals surface area contributed by atoms with Crippen molar-refractivity contribution >= 4 is 30.8 Å². The van der Waals surface area contributed by atoms with Gasteiger partial charge in [-0.2, -0.15) is 4.31 Å². The van der Waals surface area contributed by atoms with Crippen LogP contribution in [-0.2, 0) is 24.6 Å². The molecule has 1 spiro atoms. The topological polar surface area (TPSA) is 135 Å². The van der Waals surface area contributed by atoms with Gasteiger partial charge in [0.15, 0.2) is 0 Å². The Kier molecular flexibility index (Phi) is 8.65. The molecule has 222 valence electrons. The van der Waals surface area contributed by atoms with E-state index in [1.165, 1.54) is 28.7 Å².